The fourth-order valence-electron chi connectivity index (χ4n) is 1.65. The summed E-state index contributed by atoms with van der Waals surface area (Å²) in [5.74, 6) is -0.844. The molecule has 0 bridgehead atoms. The van der Waals surface area contributed by atoms with Crippen molar-refractivity contribution >= 4 is 17.7 Å². The summed E-state index contributed by atoms with van der Waals surface area (Å²) < 4.78 is 5.11. The minimum absolute atomic E-state index is 0.166. The molecule has 0 radical (unpaired) electrons. The minimum atomic E-state index is -0.339. The summed E-state index contributed by atoms with van der Waals surface area (Å²) in [5, 5.41) is 5.95. The summed E-state index contributed by atoms with van der Waals surface area (Å²) in [6.45, 7) is 1.50. The highest BCUT2D eigenvalue weighted by Crippen LogP contribution is 2.05. The van der Waals surface area contributed by atoms with E-state index in [1.807, 2.05) is 0 Å². The van der Waals surface area contributed by atoms with Crippen LogP contribution < -0.4 is 5.32 Å². The van der Waals surface area contributed by atoms with Crippen molar-refractivity contribution in [3.63, 3.8) is 0 Å². The molecular formula is C12H17N5O4. The van der Waals surface area contributed by atoms with Gasteiger partial charge in [-0.1, -0.05) is 5.11 Å². The number of imide groups is 1. The van der Waals surface area contributed by atoms with E-state index in [4.69, 9.17) is 10.3 Å². The molecule has 114 valence electrons. The zero-order chi connectivity index (χ0) is 15.5. The number of amides is 3. The molecule has 9 heteroatoms. The fraction of sp³-hybridized carbons (Fsp3) is 0.583. The van der Waals surface area contributed by atoms with E-state index in [1.165, 1.54) is 12.2 Å². The predicted octanol–water partition coefficient (Wildman–Crippen LogP) is 0.135. The third-order valence-corrected chi connectivity index (χ3v) is 2.65. The molecule has 21 heavy (non-hydrogen) atoms. The van der Waals surface area contributed by atoms with E-state index < -0.39 is 0 Å². The van der Waals surface area contributed by atoms with Gasteiger partial charge in [0, 0.05) is 43.1 Å². The van der Waals surface area contributed by atoms with Crippen LogP contribution in [-0.2, 0) is 19.1 Å². The van der Waals surface area contributed by atoms with E-state index in [2.05, 4.69) is 15.3 Å². The summed E-state index contributed by atoms with van der Waals surface area (Å²) in [6.07, 6.45) is 3.09. The van der Waals surface area contributed by atoms with Gasteiger partial charge >= 0.3 is 0 Å². The van der Waals surface area contributed by atoms with Gasteiger partial charge < -0.3 is 10.1 Å². The lowest BCUT2D eigenvalue weighted by Crippen LogP contribution is -2.32. The van der Waals surface area contributed by atoms with Crippen molar-refractivity contribution in [2.24, 2.45) is 5.11 Å². The van der Waals surface area contributed by atoms with Crippen LogP contribution in [0.5, 0.6) is 0 Å². The monoisotopic (exact) mass is 295 g/mol. The van der Waals surface area contributed by atoms with E-state index in [0.29, 0.717) is 26.2 Å². The Bertz CT molecular complexity index is 452. The maximum atomic E-state index is 11.5. The van der Waals surface area contributed by atoms with Crippen molar-refractivity contribution in [3.8, 4) is 0 Å². The molecule has 1 heterocycles. The van der Waals surface area contributed by atoms with Crippen LogP contribution in [0.2, 0.25) is 0 Å². The van der Waals surface area contributed by atoms with Crippen molar-refractivity contribution in [1.29, 1.82) is 0 Å². The Kier molecular flexibility index (Phi) is 7.55. The van der Waals surface area contributed by atoms with E-state index in [-0.39, 0.29) is 37.2 Å². The number of hydrogen-bond donors (Lipinski definition) is 1. The van der Waals surface area contributed by atoms with Gasteiger partial charge in [-0.3, -0.25) is 19.3 Å². The molecule has 0 saturated heterocycles. The Balaban J connectivity index is 2.00. The smallest absolute Gasteiger partial charge is 0.253 e. The molecule has 1 rings (SSSR count). The molecule has 3 amide bonds. The minimum Gasteiger partial charge on any atom is -0.379 e. The van der Waals surface area contributed by atoms with Crippen LogP contribution in [0.15, 0.2) is 17.3 Å². The van der Waals surface area contributed by atoms with Crippen LogP contribution >= 0.6 is 0 Å². The maximum Gasteiger partial charge on any atom is 0.253 e. The number of hydrogen-bond acceptors (Lipinski definition) is 5. The Morgan fingerprint density at radius 3 is 2.71 bits per heavy atom. The van der Waals surface area contributed by atoms with E-state index >= 15 is 0 Å². The molecule has 0 unspecified atom stereocenters. The number of carbonyl (C=O) groups is 3. The average molecular weight is 295 g/mol. The van der Waals surface area contributed by atoms with Gasteiger partial charge in [-0.15, -0.1) is 0 Å². The third-order valence-electron chi connectivity index (χ3n) is 2.65. The molecule has 1 aliphatic heterocycles. The van der Waals surface area contributed by atoms with Gasteiger partial charge in [0.15, 0.2) is 0 Å². The van der Waals surface area contributed by atoms with Crippen LogP contribution in [-0.4, -0.2) is 55.5 Å². The first-order valence-corrected chi connectivity index (χ1v) is 6.54. The second-order valence-corrected chi connectivity index (χ2v) is 4.18. The highest BCUT2D eigenvalue weighted by molar-refractivity contribution is 6.12. The molecule has 0 atom stereocenters. The predicted molar refractivity (Wildman–Crippen MR) is 72.9 cm³/mol. The average Bonchev–Trinajstić information content (AvgIpc) is 2.78. The molecule has 0 saturated carbocycles. The molecule has 0 aromatic heterocycles. The molecule has 0 aliphatic carbocycles. The van der Waals surface area contributed by atoms with Gasteiger partial charge in [-0.05, 0) is 12.0 Å². The van der Waals surface area contributed by atoms with E-state index in [1.54, 1.807) is 0 Å². The third kappa shape index (κ3) is 6.55. The van der Waals surface area contributed by atoms with Gasteiger partial charge in [-0.25, -0.2) is 0 Å². The lowest BCUT2D eigenvalue weighted by atomic mass is 10.3. The lowest BCUT2D eigenvalue weighted by Gasteiger charge is -2.13. The number of nitrogens with one attached hydrogen (secondary N) is 1. The zero-order valence-corrected chi connectivity index (χ0v) is 11.5. The van der Waals surface area contributed by atoms with Crippen molar-refractivity contribution in [2.45, 2.75) is 12.8 Å². The Morgan fingerprint density at radius 1 is 1.33 bits per heavy atom. The van der Waals surface area contributed by atoms with Gasteiger partial charge in [0.25, 0.3) is 11.8 Å². The highest BCUT2D eigenvalue weighted by Gasteiger charge is 2.22. The largest absolute Gasteiger partial charge is 0.379 e. The maximum absolute atomic E-state index is 11.5. The molecule has 0 aromatic carbocycles. The van der Waals surface area contributed by atoms with Crippen molar-refractivity contribution in [2.75, 3.05) is 32.8 Å². The van der Waals surface area contributed by atoms with Crippen LogP contribution in [0.4, 0.5) is 0 Å². The van der Waals surface area contributed by atoms with Crippen molar-refractivity contribution < 1.29 is 19.1 Å². The second-order valence-electron chi connectivity index (χ2n) is 4.18. The summed E-state index contributed by atoms with van der Waals surface area (Å²) in [7, 11) is 0. The second kappa shape index (κ2) is 9.51. The summed E-state index contributed by atoms with van der Waals surface area (Å²) in [4.78, 5) is 37.7. The van der Waals surface area contributed by atoms with E-state index in [9.17, 15) is 14.4 Å². The summed E-state index contributed by atoms with van der Waals surface area (Å²) in [6, 6.07) is 0. The molecule has 0 spiro atoms. The normalized spacial score (nSPS) is 13.4. The Labute approximate surface area is 121 Å². The fourth-order valence-corrected chi connectivity index (χ4v) is 1.65. The van der Waals surface area contributed by atoms with Gasteiger partial charge in [0.05, 0.1) is 13.2 Å². The van der Waals surface area contributed by atoms with Gasteiger partial charge in [0.2, 0.25) is 5.91 Å². The summed E-state index contributed by atoms with van der Waals surface area (Å²) in [5.41, 5.74) is 8.03. The first kappa shape index (κ1) is 16.7. The standard InChI is InChI=1S/C12H17N5O4/c13-16-15-6-9-21-8-5-14-10(18)2-1-7-17-11(19)3-4-12(17)20/h3-4H,1-2,5-9H2,(H,14,18). The summed E-state index contributed by atoms with van der Waals surface area (Å²) >= 11 is 0. The molecule has 9 nitrogen and oxygen atoms in total. The van der Waals surface area contributed by atoms with Gasteiger partial charge in [-0.2, -0.15) is 0 Å². The number of ether oxygens (including phenoxy) is 1. The quantitative estimate of drug-likeness (QED) is 0.202. The first-order valence-electron chi connectivity index (χ1n) is 6.54. The van der Waals surface area contributed by atoms with E-state index in [0.717, 1.165) is 4.90 Å². The Morgan fingerprint density at radius 2 is 2.05 bits per heavy atom. The van der Waals surface area contributed by atoms with Crippen LogP contribution in [0.3, 0.4) is 0 Å². The lowest BCUT2D eigenvalue weighted by molar-refractivity contribution is -0.137. The van der Waals surface area contributed by atoms with Crippen molar-refractivity contribution in [1.82, 2.24) is 10.2 Å². The SMILES string of the molecule is [N-]=[N+]=NCCOCCNC(=O)CCCN1C(=O)C=CC1=O. The molecular weight excluding hydrogens is 278 g/mol. The molecule has 0 aromatic rings. The Hall–Kier alpha value is -2.38. The van der Waals surface area contributed by atoms with Crippen LogP contribution in [0.25, 0.3) is 10.4 Å². The molecule has 1 aliphatic rings. The highest BCUT2D eigenvalue weighted by atomic mass is 16.5. The molecule has 1 N–H and O–H groups in total. The number of rotatable bonds is 10. The topological polar surface area (TPSA) is 124 Å². The number of azide groups is 1. The zero-order valence-electron chi connectivity index (χ0n) is 11.5. The first-order chi connectivity index (χ1) is 10.1. The number of carbonyl (C=O) groups excluding carboxylic acids is 3. The molecule has 0 fully saturated rings. The van der Waals surface area contributed by atoms with Crippen LogP contribution in [0.1, 0.15) is 12.8 Å². The van der Waals surface area contributed by atoms with Crippen molar-refractivity contribution in [3.05, 3.63) is 22.6 Å². The van der Waals surface area contributed by atoms with Gasteiger partial charge in [0.1, 0.15) is 0 Å². The number of nitrogens with zero attached hydrogens (tertiary/aromatic N) is 4. The van der Waals surface area contributed by atoms with Crippen LogP contribution in [0, 0.1) is 0 Å².